The molecule has 0 radical (unpaired) electrons. The van der Waals surface area contributed by atoms with Crippen molar-refractivity contribution >= 4 is 33.1 Å². The van der Waals surface area contributed by atoms with Gasteiger partial charge in [0, 0.05) is 26.1 Å². The number of piperidine rings is 1. The van der Waals surface area contributed by atoms with Gasteiger partial charge >= 0.3 is 0 Å². The highest BCUT2D eigenvalue weighted by molar-refractivity contribution is 7.21. The summed E-state index contributed by atoms with van der Waals surface area (Å²) in [6.45, 7) is 2.71. The largest absolute Gasteiger partial charge is 0.397 e. The van der Waals surface area contributed by atoms with E-state index in [-0.39, 0.29) is 5.91 Å². The molecule has 2 aromatic rings. The Morgan fingerprint density at radius 2 is 2.33 bits per heavy atom. The number of aromatic nitrogens is 1. The molecule has 24 heavy (non-hydrogen) atoms. The van der Waals surface area contributed by atoms with Crippen molar-refractivity contribution in [1.29, 1.82) is 0 Å². The van der Waals surface area contributed by atoms with Crippen LogP contribution in [0.3, 0.4) is 0 Å². The Labute approximate surface area is 146 Å². The standard InChI is InChI=1S/C17H24N4O2S/c1-19-16(22)15-14(18)11-6-7-12(20-17(11)24-15)13-5-3-4-8-21(13)9-10-23-2/h6-7,13H,3-5,8-10,18H2,1-2H3,(H,19,22). The Morgan fingerprint density at radius 3 is 3.08 bits per heavy atom. The van der Waals surface area contributed by atoms with Crippen LogP contribution in [0, 0.1) is 0 Å². The summed E-state index contributed by atoms with van der Waals surface area (Å²) in [6.07, 6.45) is 3.53. The van der Waals surface area contributed by atoms with E-state index in [2.05, 4.69) is 16.3 Å². The van der Waals surface area contributed by atoms with Gasteiger partial charge in [-0.25, -0.2) is 4.98 Å². The maximum atomic E-state index is 11.9. The molecule has 1 fully saturated rings. The van der Waals surface area contributed by atoms with Crippen LogP contribution in [0.15, 0.2) is 12.1 Å². The number of pyridine rings is 1. The minimum atomic E-state index is -0.156. The summed E-state index contributed by atoms with van der Waals surface area (Å²) in [5.41, 5.74) is 7.70. The molecule has 6 nitrogen and oxygen atoms in total. The van der Waals surface area contributed by atoms with E-state index in [4.69, 9.17) is 15.5 Å². The first-order valence-corrected chi connectivity index (χ1v) is 9.11. The molecular weight excluding hydrogens is 324 g/mol. The molecule has 2 aromatic heterocycles. The second-order valence-corrected chi connectivity index (χ2v) is 7.05. The van der Waals surface area contributed by atoms with Crippen molar-refractivity contribution < 1.29 is 9.53 Å². The van der Waals surface area contributed by atoms with Gasteiger partial charge in [-0.1, -0.05) is 6.42 Å². The highest BCUT2D eigenvalue weighted by atomic mass is 32.1. The number of methoxy groups -OCH3 is 1. The Kier molecular flexibility index (Phi) is 5.33. The molecule has 0 bridgehead atoms. The molecule has 3 rings (SSSR count). The maximum Gasteiger partial charge on any atom is 0.263 e. The summed E-state index contributed by atoms with van der Waals surface area (Å²) in [5, 5.41) is 3.50. The Hall–Kier alpha value is -1.70. The molecule has 1 unspecified atom stereocenters. The van der Waals surface area contributed by atoms with Crippen molar-refractivity contribution in [2.24, 2.45) is 0 Å². The van der Waals surface area contributed by atoms with Crippen LogP contribution in [0.1, 0.15) is 40.7 Å². The molecule has 0 spiro atoms. The number of anilines is 1. The first kappa shape index (κ1) is 17.1. The minimum absolute atomic E-state index is 0.156. The van der Waals surface area contributed by atoms with Gasteiger partial charge in [0.2, 0.25) is 0 Å². The first-order valence-electron chi connectivity index (χ1n) is 8.29. The van der Waals surface area contributed by atoms with Crippen molar-refractivity contribution in [2.45, 2.75) is 25.3 Å². The lowest BCUT2D eigenvalue weighted by atomic mass is 9.98. The van der Waals surface area contributed by atoms with Crippen molar-refractivity contribution in [2.75, 3.05) is 39.6 Å². The fourth-order valence-corrected chi connectivity index (χ4v) is 4.33. The molecule has 3 N–H and O–H groups in total. The number of amides is 1. The van der Waals surface area contributed by atoms with Crippen molar-refractivity contribution in [3.8, 4) is 0 Å². The molecule has 0 aromatic carbocycles. The second kappa shape index (κ2) is 7.46. The van der Waals surface area contributed by atoms with Crippen LogP contribution in [0.4, 0.5) is 5.69 Å². The molecule has 1 aliphatic heterocycles. The van der Waals surface area contributed by atoms with Crippen LogP contribution in [-0.4, -0.2) is 49.6 Å². The molecular formula is C17H24N4O2S. The zero-order valence-corrected chi connectivity index (χ0v) is 15.0. The fourth-order valence-electron chi connectivity index (χ4n) is 3.28. The van der Waals surface area contributed by atoms with Crippen LogP contribution in [-0.2, 0) is 4.74 Å². The van der Waals surface area contributed by atoms with E-state index in [1.54, 1.807) is 14.2 Å². The van der Waals surface area contributed by atoms with Crippen molar-refractivity contribution in [3.63, 3.8) is 0 Å². The molecule has 1 saturated heterocycles. The lowest BCUT2D eigenvalue weighted by molar-refractivity contribution is 0.0944. The average Bonchev–Trinajstić information content (AvgIpc) is 2.95. The lowest BCUT2D eigenvalue weighted by Gasteiger charge is -2.35. The van der Waals surface area contributed by atoms with Crippen LogP contribution in [0.5, 0.6) is 0 Å². The number of rotatable bonds is 5. The minimum Gasteiger partial charge on any atom is -0.397 e. The highest BCUT2D eigenvalue weighted by Crippen LogP contribution is 2.36. The zero-order valence-electron chi connectivity index (χ0n) is 14.2. The summed E-state index contributed by atoms with van der Waals surface area (Å²) >= 11 is 1.36. The Balaban J connectivity index is 1.93. The third kappa shape index (κ3) is 3.24. The van der Waals surface area contributed by atoms with Crippen molar-refractivity contribution in [1.82, 2.24) is 15.2 Å². The number of carbonyl (C=O) groups excluding carboxylic acids is 1. The van der Waals surface area contributed by atoms with Crippen LogP contribution in [0.2, 0.25) is 0 Å². The third-order valence-electron chi connectivity index (χ3n) is 4.59. The van der Waals surface area contributed by atoms with Crippen molar-refractivity contribution in [3.05, 3.63) is 22.7 Å². The maximum absolute atomic E-state index is 11.9. The molecule has 1 aliphatic rings. The van der Waals surface area contributed by atoms with Crippen LogP contribution < -0.4 is 11.1 Å². The number of nitrogen functional groups attached to an aromatic ring is 1. The first-order chi connectivity index (χ1) is 11.7. The van der Waals surface area contributed by atoms with E-state index in [0.717, 1.165) is 42.0 Å². The van der Waals surface area contributed by atoms with E-state index < -0.39 is 0 Å². The average molecular weight is 348 g/mol. The van der Waals surface area contributed by atoms with Crippen LogP contribution >= 0.6 is 11.3 Å². The number of nitrogens with one attached hydrogen (secondary N) is 1. The number of fused-ring (bicyclic) bond motifs is 1. The van der Waals surface area contributed by atoms with Gasteiger partial charge in [0.25, 0.3) is 5.91 Å². The summed E-state index contributed by atoms with van der Waals surface area (Å²) in [7, 11) is 3.35. The second-order valence-electron chi connectivity index (χ2n) is 6.05. The molecule has 0 aliphatic carbocycles. The van der Waals surface area contributed by atoms with E-state index in [1.807, 2.05) is 6.07 Å². The number of hydrogen-bond donors (Lipinski definition) is 2. The third-order valence-corrected chi connectivity index (χ3v) is 5.70. The van der Waals surface area contributed by atoms with E-state index >= 15 is 0 Å². The number of thiophene rings is 1. The number of ether oxygens (including phenoxy) is 1. The van der Waals surface area contributed by atoms with Gasteiger partial charge in [-0.15, -0.1) is 11.3 Å². The number of likely N-dealkylation sites (tertiary alicyclic amines) is 1. The molecule has 0 saturated carbocycles. The summed E-state index contributed by atoms with van der Waals surface area (Å²) in [6, 6.07) is 4.36. The van der Waals surface area contributed by atoms with Gasteiger partial charge in [0.1, 0.15) is 9.71 Å². The fraction of sp³-hybridized carbons (Fsp3) is 0.529. The van der Waals surface area contributed by atoms with Gasteiger partial charge in [-0.2, -0.15) is 0 Å². The van der Waals surface area contributed by atoms with E-state index in [9.17, 15) is 4.79 Å². The van der Waals surface area contributed by atoms with Crippen LogP contribution in [0.25, 0.3) is 10.2 Å². The van der Waals surface area contributed by atoms with Gasteiger partial charge in [-0.05, 0) is 31.5 Å². The van der Waals surface area contributed by atoms with Gasteiger partial charge < -0.3 is 15.8 Å². The molecule has 7 heteroatoms. The molecule has 130 valence electrons. The topological polar surface area (TPSA) is 80.5 Å². The predicted octanol–water partition coefficient (Wildman–Crippen LogP) is 2.41. The van der Waals surface area contributed by atoms with E-state index in [0.29, 0.717) is 16.6 Å². The summed E-state index contributed by atoms with van der Waals surface area (Å²) < 4.78 is 5.24. The number of nitrogens with two attached hydrogens (primary N) is 1. The Bertz CT molecular complexity index is 731. The normalized spacial score (nSPS) is 18.8. The smallest absolute Gasteiger partial charge is 0.263 e. The predicted molar refractivity (Wildman–Crippen MR) is 97.5 cm³/mol. The molecule has 1 atom stereocenters. The molecule has 1 amide bonds. The van der Waals surface area contributed by atoms with Gasteiger partial charge in [0.15, 0.2) is 0 Å². The quantitative estimate of drug-likeness (QED) is 0.867. The van der Waals surface area contributed by atoms with E-state index in [1.165, 1.54) is 24.2 Å². The monoisotopic (exact) mass is 348 g/mol. The summed E-state index contributed by atoms with van der Waals surface area (Å²) in [5.74, 6) is -0.156. The SMILES string of the molecule is CNC(=O)c1sc2nc(C3CCCCN3CCOC)ccc2c1N. The highest BCUT2D eigenvalue weighted by Gasteiger charge is 2.25. The molecule has 3 heterocycles. The number of hydrogen-bond acceptors (Lipinski definition) is 6. The summed E-state index contributed by atoms with van der Waals surface area (Å²) in [4.78, 5) is 20.6. The zero-order chi connectivity index (χ0) is 17.1. The lowest BCUT2D eigenvalue weighted by Crippen LogP contribution is -2.36. The van der Waals surface area contributed by atoms with Gasteiger partial charge in [0.05, 0.1) is 24.0 Å². The van der Waals surface area contributed by atoms with Gasteiger partial charge in [-0.3, -0.25) is 9.69 Å². The number of nitrogens with zero attached hydrogens (tertiary/aromatic N) is 2. The Morgan fingerprint density at radius 1 is 1.50 bits per heavy atom. The number of carbonyl (C=O) groups is 1.